The monoisotopic (exact) mass is 264 g/mol. The smallest absolute Gasteiger partial charge is 0.222 e. The largest absolute Gasteiger partial charge is 0.497 e. The van der Waals surface area contributed by atoms with Crippen LogP contribution in [0, 0.1) is 5.92 Å². The highest BCUT2D eigenvalue weighted by Gasteiger charge is 2.11. The summed E-state index contributed by atoms with van der Waals surface area (Å²) in [5.74, 6) is 1.00. The van der Waals surface area contributed by atoms with E-state index in [1.165, 1.54) is 5.56 Å². The molecule has 1 amide bonds. The van der Waals surface area contributed by atoms with Gasteiger partial charge in [-0.15, -0.1) is 0 Å². The first-order valence-electron chi connectivity index (χ1n) is 6.78. The summed E-state index contributed by atoms with van der Waals surface area (Å²) in [6, 6.07) is 7.90. The molecular weight excluding hydrogens is 240 g/mol. The Morgan fingerprint density at radius 3 is 2.63 bits per heavy atom. The van der Waals surface area contributed by atoms with Gasteiger partial charge in [0.25, 0.3) is 0 Å². The molecule has 1 aromatic rings. The molecule has 1 atom stereocenters. The van der Waals surface area contributed by atoms with Crippen molar-refractivity contribution in [1.82, 2.24) is 5.32 Å². The van der Waals surface area contributed by atoms with Crippen molar-refractivity contribution in [3.8, 4) is 5.75 Å². The number of nitrogens with one attached hydrogen (secondary N) is 1. The fraction of sp³-hybridized carbons (Fsp3) is 0.533. The van der Waals surface area contributed by atoms with Gasteiger partial charge in [-0.05, 0) is 43.5 Å². The van der Waals surface area contributed by atoms with Crippen molar-refractivity contribution >= 4 is 5.91 Å². The van der Waals surface area contributed by atoms with Gasteiger partial charge in [0.05, 0.1) is 7.11 Å². The maximum absolute atomic E-state index is 11.8. The summed E-state index contributed by atoms with van der Waals surface area (Å²) in [5.41, 5.74) is 6.63. The Morgan fingerprint density at radius 2 is 2.05 bits per heavy atom. The van der Waals surface area contributed by atoms with Gasteiger partial charge in [0, 0.05) is 12.5 Å². The first-order chi connectivity index (χ1) is 9.17. The summed E-state index contributed by atoms with van der Waals surface area (Å²) in [7, 11) is 1.65. The molecule has 0 aliphatic carbocycles. The number of hydrogen-bond donors (Lipinski definition) is 2. The zero-order valence-electron chi connectivity index (χ0n) is 11.8. The van der Waals surface area contributed by atoms with Gasteiger partial charge in [0.2, 0.25) is 5.91 Å². The highest BCUT2D eigenvalue weighted by Crippen LogP contribution is 2.11. The average molecular weight is 264 g/mol. The zero-order valence-corrected chi connectivity index (χ0v) is 11.8. The molecule has 0 aromatic heterocycles. The van der Waals surface area contributed by atoms with E-state index in [9.17, 15) is 4.79 Å². The van der Waals surface area contributed by atoms with E-state index in [1.54, 1.807) is 7.11 Å². The van der Waals surface area contributed by atoms with Gasteiger partial charge in [-0.1, -0.05) is 19.1 Å². The summed E-state index contributed by atoms with van der Waals surface area (Å²) < 4.78 is 5.10. The molecule has 4 nitrogen and oxygen atoms in total. The van der Waals surface area contributed by atoms with E-state index in [0.29, 0.717) is 13.1 Å². The number of benzene rings is 1. The molecule has 1 aromatic carbocycles. The van der Waals surface area contributed by atoms with Gasteiger partial charge in [0.15, 0.2) is 0 Å². The van der Waals surface area contributed by atoms with Crippen LogP contribution in [0.4, 0.5) is 0 Å². The molecule has 0 fully saturated rings. The van der Waals surface area contributed by atoms with E-state index in [0.717, 1.165) is 25.0 Å². The molecule has 19 heavy (non-hydrogen) atoms. The van der Waals surface area contributed by atoms with Crippen LogP contribution in [0.2, 0.25) is 0 Å². The van der Waals surface area contributed by atoms with Crippen molar-refractivity contribution in [2.45, 2.75) is 26.2 Å². The Balaban J connectivity index is 2.27. The lowest BCUT2D eigenvalue weighted by Gasteiger charge is -2.11. The van der Waals surface area contributed by atoms with Crippen molar-refractivity contribution in [3.05, 3.63) is 29.8 Å². The lowest BCUT2D eigenvalue weighted by atomic mass is 10.0. The maximum atomic E-state index is 11.8. The average Bonchev–Trinajstić information content (AvgIpc) is 2.45. The van der Waals surface area contributed by atoms with Gasteiger partial charge in [-0.2, -0.15) is 0 Å². The van der Waals surface area contributed by atoms with Crippen molar-refractivity contribution < 1.29 is 9.53 Å². The Morgan fingerprint density at radius 1 is 1.37 bits per heavy atom. The Bertz CT molecular complexity index is 376. The van der Waals surface area contributed by atoms with Crippen LogP contribution in [0.1, 0.15) is 25.3 Å². The third-order valence-corrected chi connectivity index (χ3v) is 3.16. The number of methoxy groups -OCH3 is 1. The molecule has 1 unspecified atom stereocenters. The number of rotatable bonds is 8. The topological polar surface area (TPSA) is 64.3 Å². The lowest BCUT2D eigenvalue weighted by Crippen LogP contribution is -2.31. The molecule has 0 radical (unpaired) electrons. The number of hydrogen-bond acceptors (Lipinski definition) is 3. The first kappa shape index (κ1) is 15.5. The van der Waals surface area contributed by atoms with E-state index < -0.39 is 0 Å². The van der Waals surface area contributed by atoms with Crippen molar-refractivity contribution in [3.63, 3.8) is 0 Å². The maximum Gasteiger partial charge on any atom is 0.222 e. The molecule has 0 saturated carbocycles. The molecule has 106 valence electrons. The van der Waals surface area contributed by atoms with E-state index in [2.05, 4.69) is 5.32 Å². The number of carbonyl (C=O) groups is 1. The normalized spacial score (nSPS) is 11.9. The first-order valence-corrected chi connectivity index (χ1v) is 6.78. The van der Waals surface area contributed by atoms with Gasteiger partial charge in [-0.25, -0.2) is 0 Å². The quantitative estimate of drug-likeness (QED) is 0.751. The van der Waals surface area contributed by atoms with Gasteiger partial charge >= 0.3 is 0 Å². The van der Waals surface area contributed by atoms with Gasteiger partial charge < -0.3 is 15.8 Å². The summed E-state index contributed by atoms with van der Waals surface area (Å²) in [5, 5.41) is 2.96. The molecule has 0 bridgehead atoms. The number of amides is 1. The van der Waals surface area contributed by atoms with Crippen molar-refractivity contribution in [1.29, 1.82) is 0 Å². The minimum atomic E-state index is 0.0411. The second-order valence-corrected chi connectivity index (χ2v) is 4.72. The fourth-order valence-corrected chi connectivity index (χ4v) is 1.85. The van der Waals surface area contributed by atoms with Gasteiger partial charge in [0.1, 0.15) is 5.75 Å². The highest BCUT2D eigenvalue weighted by molar-refractivity contribution is 5.78. The van der Waals surface area contributed by atoms with Crippen LogP contribution in [0.5, 0.6) is 5.75 Å². The lowest BCUT2D eigenvalue weighted by molar-refractivity contribution is -0.124. The Kier molecular flexibility index (Phi) is 6.97. The number of carbonyl (C=O) groups excluding carboxylic acids is 1. The molecule has 0 heterocycles. The zero-order chi connectivity index (χ0) is 14.1. The molecular formula is C15H24N2O2. The minimum absolute atomic E-state index is 0.0411. The number of ether oxygens (including phenoxy) is 1. The second kappa shape index (κ2) is 8.53. The predicted octanol–water partition coefficient (Wildman–Crippen LogP) is 1.73. The third kappa shape index (κ3) is 5.75. The van der Waals surface area contributed by atoms with Crippen LogP contribution >= 0.6 is 0 Å². The van der Waals surface area contributed by atoms with E-state index >= 15 is 0 Å². The third-order valence-electron chi connectivity index (χ3n) is 3.16. The van der Waals surface area contributed by atoms with Crippen LogP contribution in [0.3, 0.4) is 0 Å². The summed E-state index contributed by atoms with van der Waals surface area (Å²) in [6.45, 7) is 3.25. The second-order valence-electron chi connectivity index (χ2n) is 4.72. The summed E-state index contributed by atoms with van der Waals surface area (Å²) in [4.78, 5) is 11.8. The molecule has 0 aliphatic heterocycles. The van der Waals surface area contributed by atoms with Crippen LogP contribution in [-0.2, 0) is 11.2 Å². The fourth-order valence-electron chi connectivity index (χ4n) is 1.85. The predicted molar refractivity (Wildman–Crippen MR) is 77.2 cm³/mol. The Hall–Kier alpha value is -1.55. The van der Waals surface area contributed by atoms with Crippen LogP contribution in [0.15, 0.2) is 24.3 Å². The van der Waals surface area contributed by atoms with E-state index in [1.807, 2.05) is 31.2 Å². The highest BCUT2D eigenvalue weighted by atomic mass is 16.5. The molecule has 0 saturated heterocycles. The van der Waals surface area contributed by atoms with Crippen LogP contribution in [0.25, 0.3) is 0 Å². The molecule has 1 rings (SSSR count). The minimum Gasteiger partial charge on any atom is -0.497 e. The van der Waals surface area contributed by atoms with E-state index in [-0.39, 0.29) is 11.8 Å². The molecule has 3 N–H and O–H groups in total. The summed E-state index contributed by atoms with van der Waals surface area (Å²) >= 11 is 0. The van der Waals surface area contributed by atoms with Crippen LogP contribution < -0.4 is 15.8 Å². The molecule has 0 aliphatic rings. The standard InChI is InChI=1S/C15H24N2O2/c1-12(4-3-10-16)15(18)17-11-9-13-5-7-14(19-2)8-6-13/h5-8,12H,3-4,9-11,16H2,1-2H3,(H,17,18). The molecule has 4 heteroatoms. The van der Waals surface area contributed by atoms with Gasteiger partial charge in [-0.3, -0.25) is 4.79 Å². The summed E-state index contributed by atoms with van der Waals surface area (Å²) in [6.07, 6.45) is 2.58. The van der Waals surface area contributed by atoms with E-state index in [4.69, 9.17) is 10.5 Å². The SMILES string of the molecule is COc1ccc(CCNC(=O)C(C)CCCN)cc1. The van der Waals surface area contributed by atoms with Crippen molar-refractivity contribution in [2.75, 3.05) is 20.2 Å². The number of nitrogens with two attached hydrogens (primary N) is 1. The van der Waals surface area contributed by atoms with Crippen molar-refractivity contribution in [2.24, 2.45) is 11.7 Å². The Labute approximate surface area is 115 Å². The van der Waals surface area contributed by atoms with Crippen LogP contribution in [-0.4, -0.2) is 26.1 Å². The molecule has 0 spiro atoms.